The van der Waals surface area contributed by atoms with Gasteiger partial charge in [0.2, 0.25) is 0 Å². The van der Waals surface area contributed by atoms with Crippen LogP contribution in [0.4, 0.5) is 0 Å². The first-order chi connectivity index (χ1) is 42.7. The Labute approximate surface area is 511 Å². The number of benzene rings is 14. The lowest BCUT2D eigenvalue weighted by Crippen LogP contribution is -2.11. The minimum absolute atomic E-state index is 0.0565. The minimum Gasteiger partial charge on any atom is -0.497 e. The molecule has 14 aromatic carbocycles. The van der Waals surface area contributed by atoms with Gasteiger partial charge in [-0.1, -0.05) is 114 Å². The van der Waals surface area contributed by atoms with E-state index in [1.807, 2.05) is 0 Å². The zero-order valence-corrected chi connectivity index (χ0v) is 51.4. The lowest BCUT2D eigenvalue weighted by Gasteiger charge is -2.23. The molecule has 0 aliphatic carbocycles. The number of ether oxygens (including phenoxy) is 4. The minimum atomic E-state index is -0.0565. The van der Waals surface area contributed by atoms with Crippen molar-refractivity contribution >= 4 is 109 Å². The van der Waals surface area contributed by atoms with Gasteiger partial charge in [-0.05, 0) is 212 Å². The fourth-order valence-corrected chi connectivity index (χ4v) is 13.5. The summed E-state index contributed by atoms with van der Waals surface area (Å²) in [6, 6.07) is 85.1. The molecule has 4 aromatic heterocycles. The smallest absolute Gasteiger partial charge is 0.119 e. The topological polar surface area (TPSA) is 56.6 Å². The third-order valence-electron chi connectivity index (χ3n) is 18.1. The van der Waals surface area contributed by atoms with Crippen molar-refractivity contribution in [3.05, 3.63) is 242 Å². The molecule has 0 saturated heterocycles. The van der Waals surface area contributed by atoms with Crippen LogP contribution in [0.1, 0.15) is 52.7 Å². The van der Waals surface area contributed by atoms with Crippen LogP contribution < -0.4 is 18.9 Å². The molecule has 0 unspecified atom stereocenters. The van der Waals surface area contributed by atoms with E-state index in [0.29, 0.717) is 0 Å². The Morgan fingerprint density at radius 1 is 0.239 bits per heavy atom. The Balaban J connectivity index is 1.22. The Bertz CT molecular complexity index is 4730. The third-order valence-corrected chi connectivity index (χ3v) is 18.1. The molecule has 8 bridgehead atoms. The predicted molar refractivity (Wildman–Crippen MR) is 369 cm³/mol. The molecular formula is C80H68N4O4. The maximum Gasteiger partial charge on any atom is 0.119 e. The van der Waals surface area contributed by atoms with E-state index in [2.05, 4.69) is 290 Å². The molecule has 4 heterocycles. The van der Waals surface area contributed by atoms with Gasteiger partial charge in [0, 0.05) is 77.1 Å². The molecular weight excluding hydrogens is 1080 g/mol. The molecule has 432 valence electrons. The van der Waals surface area contributed by atoms with Crippen molar-refractivity contribution in [1.82, 2.24) is 18.3 Å². The number of rotatable bonds is 8. The molecule has 0 amide bonds. The zero-order chi connectivity index (χ0) is 60.3. The molecule has 0 saturated carbocycles. The summed E-state index contributed by atoms with van der Waals surface area (Å²) in [6.45, 7) is 13.8. The van der Waals surface area contributed by atoms with Gasteiger partial charge in [-0.3, -0.25) is 0 Å². The van der Waals surface area contributed by atoms with Crippen LogP contribution in [0.25, 0.3) is 132 Å². The Hall–Kier alpha value is -10.4. The average Bonchev–Trinajstić information content (AvgIpc) is 0.841. The largest absolute Gasteiger partial charge is 0.497 e. The normalized spacial score (nSPS) is 12.2. The van der Waals surface area contributed by atoms with Gasteiger partial charge in [-0.15, -0.1) is 0 Å². The molecule has 0 N–H and O–H groups in total. The van der Waals surface area contributed by atoms with Crippen molar-refractivity contribution in [2.75, 3.05) is 28.4 Å². The number of hydrogen-bond acceptors (Lipinski definition) is 4. The summed E-state index contributed by atoms with van der Waals surface area (Å²) in [6.07, 6.45) is 0. The van der Waals surface area contributed by atoms with Gasteiger partial charge in [-0.25, -0.2) is 0 Å². The lowest BCUT2D eigenvalue weighted by molar-refractivity contribution is 0.414. The second-order valence-electron chi connectivity index (χ2n) is 25.3. The van der Waals surface area contributed by atoms with Crippen LogP contribution in [0.3, 0.4) is 0 Å². The Morgan fingerprint density at radius 2 is 0.455 bits per heavy atom. The highest BCUT2D eigenvalue weighted by Gasteiger charge is 2.23. The molecule has 18 aromatic rings. The van der Waals surface area contributed by atoms with Crippen LogP contribution in [0.2, 0.25) is 0 Å². The monoisotopic (exact) mass is 1150 g/mol. The summed E-state index contributed by atoms with van der Waals surface area (Å²) in [4.78, 5) is 0. The van der Waals surface area contributed by atoms with Crippen LogP contribution in [0.5, 0.6) is 23.0 Å². The molecule has 0 aliphatic rings. The first-order valence-corrected chi connectivity index (χ1v) is 30.2. The van der Waals surface area contributed by atoms with Crippen LogP contribution in [0, 0.1) is 0 Å². The molecule has 0 spiro atoms. The molecule has 0 radical (unpaired) electrons. The van der Waals surface area contributed by atoms with Crippen molar-refractivity contribution in [1.29, 1.82) is 0 Å². The number of aromatic nitrogens is 4. The highest BCUT2D eigenvalue weighted by molar-refractivity contribution is 6.31. The van der Waals surface area contributed by atoms with Crippen LogP contribution in [-0.2, 0) is 10.8 Å². The fraction of sp³-hybridized carbons (Fsp3) is 0.150. The van der Waals surface area contributed by atoms with Gasteiger partial charge in [0.15, 0.2) is 0 Å². The van der Waals surface area contributed by atoms with Gasteiger partial charge >= 0.3 is 0 Å². The molecule has 0 aliphatic heterocycles. The molecule has 0 atom stereocenters. The van der Waals surface area contributed by atoms with E-state index in [4.69, 9.17) is 18.9 Å². The summed E-state index contributed by atoms with van der Waals surface area (Å²) in [5, 5.41) is 14.2. The molecule has 18 rings (SSSR count). The van der Waals surface area contributed by atoms with Gasteiger partial charge in [0.25, 0.3) is 0 Å². The highest BCUT2D eigenvalue weighted by atomic mass is 16.5. The number of nitrogens with zero attached hydrogens (tertiary/aromatic N) is 4. The fourth-order valence-electron chi connectivity index (χ4n) is 13.5. The zero-order valence-electron chi connectivity index (χ0n) is 51.4. The van der Waals surface area contributed by atoms with Crippen LogP contribution in [0.15, 0.2) is 231 Å². The highest BCUT2D eigenvalue weighted by Crippen LogP contribution is 2.45. The summed E-state index contributed by atoms with van der Waals surface area (Å²) >= 11 is 0. The van der Waals surface area contributed by atoms with Gasteiger partial charge in [0.05, 0.1) is 50.5 Å². The maximum absolute atomic E-state index is 5.83. The van der Waals surface area contributed by atoms with E-state index in [9.17, 15) is 0 Å². The van der Waals surface area contributed by atoms with Crippen molar-refractivity contribution in [2.45, 2.75) is 52.4 Å². The molecule has 8 nitrogen and oxygen atoms in total. The van der Waals surface area contributed by atoms with Crippen molar-refractivity contribution in [3.8, 4) is 45.7 Å². The third kappa shape index (κ3) is 8.87. The predicted octanol–water partition coefficient (Wildman–Crippen LogP) is 20.7. The van der Waals surface area contributed by atoms with E-state index in [1.54, 1.807) is 28.4 Å². The van der Waals surface area contributed by atoms with Crippen LogP contribution in [-0.4, -0.2) is 46.7 Å². The SMILES string of the molecule is COc1ccc(-n2c3ccc(cc3)n(-c3ccc(OC)cc3)c3cc(c4ccc5cc(C(C)(C)C)cc6ccc3c4c65)n(-c3ccc(OC)cc3)c3ccc(cc3)n(-c3ccc(OC)cc3)c3cc2c2ccc4cc(C(C)(C)C)cc5ccc3c2c45)cc1. The quantitative estimate of drug-likeness (QED) is 0.142. The van der Waals surface area contributed by atoms with E-state index in [0.717, 1.165) is 111 Å². The second-order valence-corrected chi connectivity index (χ2v) is 25.3. The first-order valence-electron chi connectivity index (χ1n) is 30.2. The summed E-state index contributed by atoms with van der Waals surface area (Å²) < 4.78 is 33.0. The first kappa shape index (κ1) is 54.2. The summed E-state index contributed by atoms with van der Waals surface area (Å²) in [5.74, 6) is 3.12. The second kappa shape index (κ2) is 20.6. The van der Waals surface area contributed by atoms with Gasteiger partial charge in [-0.2, -0.15) is 0 Å². The van der Waals surface area contributed by atoms with E-state index >= 15 is 0 Å². The molecule has 88 heavy (non-hydrogen) atoms. The van der Waals surface area contributed by atoms with Crippen molar-refractivity contribution < 1.29 is 18.9 Å². The molecule has 0 fully saturated rings. The van der Waals surface area contributed by atoms with Gasteiger partial charge < -0.3 is 37.2 Å². The van der Waals surface area contributed by atoms with E-state index < -0.39 is 0 Å². The summed E-state index contributed by atoms with van der Waals surface area (Å²) in [7, 11) is 6.89. The standard InChI is InChI=1S/C80H68N4O4/c1-79(2,3)53-43-49-11-39-67-71-47-72(68-40-12-50(44-53)75(49)77(67)68)82(60-25-33-64(86-8)34-26-60)56-17-21-58(22-18-56)84(62-29-37-66(88-10)38-30-62)74-48-73(69-41-13-51-45-54(80(4,5)6)46-52-14-42-70(74)78(69)76(51)52)83(61-27-35-65(87-9)36-28-61)57-19-15-55(16-20-57)81(71)59-23-31-63(85-7)32-24-59/h11-48H,1-10H3. The lowest BCUT2D eigenvalue weighted by atomic mass is 9.83. The number of methoxy groups -OCH3 is 4. The Kier molecular flexibility index (Phi) is 12.7. The molecule has 8 heteroatoms. The summed E-state index contributed by atoms with van der Waals surface area (Å²) in [5.41, 5.74) is 14.4. The van der Waals surface area contributed by atoms with Gasteiger partial charge in [0.1, 0.15) is 23.0 Å². The van der Waals surface area contributed by atoms with E-state index in [-0.39, 0.29) is 10.8 Å². The van der Waals surface area contributed by atoms with Crippen molar-refractivity contribution in [3.63, 3.8) is 0 Å². The maximum atomic E-state index is 5.83. The van der Waals surface area contributed by atoms with Crippen molar-refractivity contribution in [2.24, 2.45) is 0 Å². The van der Waals surface area contributed by atoms with Crippen LogP contribution >= 0.6 is 0 Å². The Morgan fingerprint density at radius 3 is 0.648 bits per heavy atom. The van der Waals surface area contributed by atoms with E-state index in [1.165, 1.54) is 54.2 Å². The number of hydrogen-bond donors (Lipinski definition) is 0. The average molecular weight is 1150 g/mol.